The molecule has 2 saturated carbocycles. The van der Waals surface area contributed by atoms with Gasteiger partial charge >= 0.3 is 17.9 Å². The van der Waals surface area contributed by atoms with Gasteiger partial charge < -0.3 is 34.3 Å². The van der Waals surface area contributed by atoms with Crippen LogP contribution in [0.3, 0.4) is 0 Å². The zero-order valence-corrected chi connectivity index (χ0v) is 21.6. The van der Waals surface area contributed by atoms with E-state index in [2.05, 4.69) is 0 Å². The van der Waals surface area contributed by atoms with E-state index in [9.17, 15) is 34.5 Å². The van der Waals surface area contributed by atoms with Gasteiger partial charge in [0.1, 0.15) is 12.2 Å². The SMILES string of the molecule is COC(=O)C12OCC34C(CC5C(C)=C(O)C(=O)C[C@]5(C)C3[C@@H](O)[C@@H]1O)OC(=O)C(OC(=O)CC(C)C)C42. The Labute approximate surface area is 214 Å². The summed E-state index contributed by atoms with van der Waals surface area (Å²) >= 11 is 0. The third-order valence-electron chi connectivity index (χ3n) is 9.67. The van der Waals surface area contributed by atoms with Gasteiger partial charge in [-0.2, -0.15) is 0 Å². The molecule has 11 heteroatoms. The Bertz CT molecular complexity index is 1100. The van der Waals surface area contributed by atoms with Crippen LogP contribution < -0.4 is 0 Å². The van der Waals surface area contributed by atoms with E-state index in [4.69, 9.17) is 18.9 Å². The quantitative estimate of drug-likeness (QED) is 0.349. The molecule has 0 radical (unpaired) electrons. The highest BCUT2D eigenvalue weighted by Gasteiger charge is 2.85. The van der Waals surface area contributed by atoms with Crippen LogP contribution in [-0.2, 0) is 38.1 Å². The van der Waals surface area contributed by atoms with Gasteiger partial charge in [0.2, 0.25) is 11.7 Å². The summed E-state index contributed by atoms with van der Waals surface area (Å²) in [6, 6.07) is 0. The summed E-state index contributed by atoms with van der Waals surface area (Å²) in [4.78, 5) is 52.3. The average molecular weight is 523 g/mol. The van der Waals surface area contributed by atoms with Crippen LogP contribution in [0.4, 0.5) is 0 Å². The number of rotatable bonds is 4. The van der Waals surface area contributed by atoms with Gasteiger partial charge in [-0.15, -0.1) is 0 Å². The molecule has 0 amide bonds. The fraction of sp³-hybridized carbons (Fsp3) is 0.769. The van der Waals surface area contributed by atoms with E-state index in [0.29, 0.717) is 5.57 Å². The Morgan fingerprint density at radius 2 is 1.86 bits per heavy atom. The van der Waals surface area contributed by atoms with Gasteiger partial charge in [0.25, 0.3) is 0 Å². The van der Waals surface area contributed by atoms with Crippen molar-refractivity contribution in [3.05, 3.63) is 11.3 Å². The van der Waals surface area contributed by atoms with Gasteiger partial charge in [0.15, 0.2) is 11.5 Å². The number of allylic oxidation sites excluding steroid dienone is 2. The van der Waals surface area contributed by atoms with Crippen molar-refractivity contribution in [2.45, 2.75) is 77.0 Å². The Balaban J connectivity index is 1.72. The monoisotopic (exact) mass is 522 g/mol. The molecular weight excluding hydrogens is 488 g/mol. The van der Waals surface area contributed by atoms with E-state index in [1.807, 2.05) is 13.8 Å². The van der Waals surface area contributed by atoms with Crippen LogP contribution >= 0.6 is 0 Å². The second-order valence-corrected chi connectivity index (χ2v) is 11.9. The summed E-state index contributed by atoms with van der Waals surface area (Å²) in [5.41, 5.74) is -4.05. The summed E-state index contributed by atoms with van der Waals surface area (Å²) in [5.74, 6) is -6.09. The molecular formula is C26H34O11. The lowest BCUT2D eigenvalue weighted by atomic mass is 9.38. The van der Waals surface area contributed by atoms with Crippen LogP contribution in [0.15, 0.2) is 11.3 Å². The summed E-state index contributed by atoms with van der Waals surface area (Å²) in [6.45, 7) is 6.84. The predicted octanol–water partition coefficient (Wildman–Crippen LogP) is 0.597. The Morgan fingerprint density at radius 3 is 2.49 bits per heavy atom. The number of ether oxygens (including phenoxy) is 4. The normalized spacial score (nSPS) is 46.2. The van der Waals surface area contributed by atoms with Crippen molar-refractivity contribution in [1.29, 1.82) is 0 Å². The van der Waals surface area contributed by atoms with E-state index in [1.54, 1.807) is 13.8 Å². The number of Topliss-reactive ketones (excluding diaryl/α,β-unsaturated/α-hetero) is 1. The van der Waals surface area contributed by atoms with E-state index < -0.39 is 82.3 Å². The number of esters is 3. The summed E-state index contributed by atoms with van der Waals surface area (Å²) in [6.07, 6.45) is -5.87. The lowest BCUT2D eigenvalue weighted by Gasteiger charge is -2.67. The third kappa shape index (κ3) is 3.10. The maximum absolute atomic E-state index is 13.4. The first-order valence-corrected chi connectivity index (χ1v) is 12.7. The van der Waals surface area contributed by atoms with Crippen LogP contribution in [0, 0.1) is 34.5 Å². The Morgan fingerprint density at radius 1 is 1.19 bits per heavy atom. The highest BCUT2D eigenvalue weighted by Crippen LogP contribution is 2.72. The van der Waals surface area contributed by atoms with Crippen molar-refractivity contribution < 1.29 is 53.4 Å². The highest BCUT2D eigenvalue weighted by atomic mass is 16.6. The second kappa shape index (κ2) is 8.25. The van der Waals surface area contributed by atoms with Gasteiger partial charge in [-0.05, 0) is 36.2 Å². The summed E-state index contributed by atoms with van der Waals surface area (Å²) < 4.78 is 22.6. The zero-order chi connectivity index (χ0) is 27.2. The third-order valence-corrected chi connectivity index (χ3v) is 9.67. The molecule has 2 bridgehead atoms. The van der Waals surface area contributed by atoms with Crippen molar-refractivity contribution in [3.63, 3.8) is 0 Å². The standard InChI is InChI=1S/C26H34O11/c1-10(2)6-15(28)37-18-20-25-9-35-26(20,23(33)34-5)21(31)17(30)19(25)24(4)8-13(27)16(29)11(3)12(24)7-14(25)36-22(18)32/h10,12,14,17-21,29-31H,6-9H2,1-5H3/t12?,14?,17-,18?,19?,20?,21+,24+,25?,26?/m1/s1. The number of aliphatic hydroxyl groups excluding tert-OH is 3. The first-order chi connectivity index (χ1) is 17.3. The fourth-order valence-corrected chi connectivity index (χ4v) is 8.38. The largest absolute Gasteiger partial charge is 0.504 e. The van der Waals surface area contributed by atoms with Crippen LogP contribution in [0.25, 0.3) is 0 Å². The zero-order valence-electron chi connectivity index (χ0n) is 21.6. The molecule has 1 spiro atoms. The van der Waals surface area contributed by atoms with Crippen LogP contribution in [0.2, 0.25) is 0 Å². The van der Waals surface area contributed by atoms with E-state index in [1.165, 1.54) is 0 Å². The molecule has 10 atom stereocenters. The minimum Gasteiger partial charge on any atom is -0.504 e. The van der Waals surface area contributed by atoms with E-state index in [0.717, 1.165) is 7.11 Å². The van der Waals surface area contributed by atoms with Crippen LogP contribution in [0.5, 0.6) is 0 Å². The molecule has 4 fully saturated rings. The number of ketones is 1. The molecule has 2 aliphatic heterocycles. The molecule has 5 rings (SSSR count). The molecule has 3 N–H and O–H groups in total. The summed E-state index contributed by atoms with van der Waals surface area (Å²) in [5, 5.41) is 33.6. The van der Waals surface area contributed by atoms with E-state index >= 15 is 0 Å². The van der Waals surface area contributed by atoms with Crippen molar-refractivity contribution in [1.82, 2.24) is 0 Å². The number of fused-ring (bicyclic) bond motifs is 2. The van der Waals surface area contributed by atoms with Crippen molar-refractivity contribution in [3.8, 4) is 0 Å². The van der Waals surface area contributed by atoms with Gasteiger partial charge in [0.05, 0.1) is 25.7 Å². The van der Waals surface area contributed by atoms with Crippen LogP contribution in [0.1, 0.15) is 47.0 Å². The number of carbonyl (C=O) groups excluding carboxylic acids is 4. The molecule has 5 aliphatic rings. The van der Waals surface area contributed by atoms with Crippen molar-refractivity contribution in [2.24, 2.45) is 34.5 Å². The molecule has 0 aromatic rings. The van der Waals surface area contributed by atoms with Gasteiger partial charge in [0, 0.05) is 24.2 Å². The topological polar surface area (TPSA) is 166 Å². The molecule has 204 valence electrons. The number of hydrogen-bond donors (Lipinski definition) is 3. The van der Waals surface area contributed by atoms with Crippen molar-refractivity contribution in [2.75, 3.05) is 13.7 Å². The Kier molecular flexibility index (Phi) is 5.82. The smallest absolute Gasteiger partial charge is 0.348 e. The summed E-state index contributed by atoms with van der Waals surface area (Å²) in [7, 11) is 1.10. The van der Waals surface area contributed by atoms with E-state index in [-0.39, 0.29) is 37.5 Å². The molecule has 11 nitrogen and oxygen atoms in total. The number of hydrogen-bond acceptors (Lipinski definition) is 11. The molecule has 2 heterocycles. The van der Waals surface area contributed by atoms with Gasteiger partial charge in [-0.25, -0.2) is 9.59 Å². The minimum atomic E-state index is -2.19. The lowest BCUT2D eigenvalue weighted by molar-refractivity contribution is -0.290. The molecule has 7 unspecified atom stereocenters. The number of methoxy groups -OCH3 is 1. The fourth-order valence-electron chi connectivity index (χ4n) is 8.38. The average Bonchev–Trinajstić information content (AvgIpc) is 3.12. The second-order valence-electron chi connectivity index (χ2n) is 11.9. The van der Waals surface area contributed by atoms with Gasteiger partial charge in [-0.1, -0.05) is 20.8 Å². The molecule has 3 aliphatic carbocycles. The molecule has 0 aromatic carbocycles. The molecule has 0 aromatic heterocycles. The first-order valence-electron chi connectivity index (χ1n) is 12.7. The van der Waals surface area contributed by atoms with Gasteiger partial charge in [-0.3, -0.25) is 9.59 Å². The van der Waals surface area contributed by atoms with Crippen molar-refractivity contribution >= 4 is 23.7 Å². The maximum Gasteiger partial charge on any atom is 0.348 e. The number of aliphatic hydroxyl groups is 3. The maximum atomic E-state index is 13.4. The predicted molar refractivity (Wildman–Crippen MR) is 123 cm³/mol. The molecule has 2 saturated heterocycles. The lowest BCUT2D eigenvalue weighted by Crippen LogP contribution is -2.79. The Hall–Kier alpha value is -2.50. The number of carbonyl (C=O) groups is 4. The first kappa shape index (κ1) is 26.1. The molecule has 37 heavy (non-hydrogen) atoms. The highest BCUT2D eigenvalue weighted by molar-refractivity contribution is 5.95. The minimum absolute atomic E-state index is 0.00513. The van der Waals surface area contributed by atoms with Crippen LogP contribution in [-0.4, -0.2) is 82.7 Å².